The van der Waals surface area contributed by atoms with E-state index in [0.717, 1.165) is 5.56 Å². The Morgan fingerprint density at radius 2 is 1.83 bits per heavy atom. The molecule has 2 aromatic carbocycles. The largest absolute Gasteiger partial charge is 0.494 e. The van der Waals surface area contributed by atoms with E-state index in [1.165, 1.54) is 19.2 Å². The Kier molecular flexibility index (Phi) is 6.21. The number of piperazine rings is 1. The van der Waals surface area contributed by atoms with Crippen LogP contribution in [0, 0.1) is 12.7 Å². The Bertz CT molecular complexity index is 1020. The molecule has 1 heterocycles. The van der Waals surface area contributed by atoms with Crippen molar-refractivity contribution in [3.05, 3.63) is 58.9 Å². The molecule has 0 aromatic heterocycles. The number of carbonyl (C=O) groups excluding carboxylic acids is 1. The van der Waals surface area contributed by atoms with Gasteiger partial charge >= 0.3 is 0 Å². The Morgan fingerprint density at radius 3 is 2.41 bits per heavy atom. The summed E-state index contributed by atoms with van der Waals surface area (Å²) in [5.41, 5.74) is 1.63. The molecule has 1 fully saturated rings. The third-order valence-corrected chi connectivity index (χ3v) is 6.08. The molecule has 9 heteroatoms. The van der Waals surface area contributed by atoms with E-state index in [4.69, 9.17) is 9.88 Å². The Balaban J connectivity index is 1.63. The van der Waals surface area contributed by atoms with Gasteiger partial charge in [-0.15, -0.1) is 0 Å². The lowest BCUT2D eigenvalue weighted by Gasteiger charge is -2.35. The predicted octanol–water partition coefficient (Wildman–Crippen LogP) is 1.75. The molecular weight excluding hydrogens is 397 g/mol. The first kappa shape index (κ1) is 21.2. The summed E-state index contributed by atoms with van der Waals surface area (Å²) >= 11 is 0. The van der Waals surface area contributed by atoms with Gasteiger partial charge in [-0.1, -0.05) is 12.1 Å². The van der Waals surface area contributed by atoms with Crippen molar-refractivity contribution in [3.8, 4) is 5.75 Å². The molecule has 29 heavy (non-hydrogen) atoms. The zero-order valence-electron chi connectivity index (χ0n) is 16.4. The Morgan fingerprint density at radius 1 is 1.14 bits per heavy atom. The number of primary sulfonamides is 1. The summed E-state index contributed by atoms with van der Waals surface area (Å²) in [6, 6.07) is 9.41. The van der Waals surface area contributed by atoms with Crippen molar-refractivity contribution in [3.63, 3.8) is 0 Å². The quantitative estimate of drug-likeness (QED) is 0.794. The van der Waals surface area contributed by atoms with Gasteiger partial charge in [0.05, 0.1) is 12.0 Å². The molecule has 1 amide bonds. The maximum absolute atomic E-state index is 13.9. The van der Waals surface area contributed by atoms with E-state index in [2.05, 4.69) is 4.90 Å². The molecule has 2 aromatic rings. The lowest BCUT2D eigenvalue weighted by atomic mass is 10.1. The number of hydrogen-bond acceptors (Lipinski definition) is 5. The number of hydrogen-bond donors (Lipinski definition) is 1. The second-order valence-corrected chi connectivity index (χ2v) is 8.59. The van der Waals surface area contributed by atoms with Crippen molar-refractivity contribution in [1.29, 1.82) is 0 Å². The second-order valence-electron chi connectivity index (χ2n) is 7.06. The van der Waals surface area contributed by atoms with E-state index in [1.54, 1.807) is 30.0 Å². The predicted molar refractivity (Wildman–Crippen MR) is 107 cm³/mol. The molecule has 0 unspecified atom stereocenters. The molecule has 0 saturated carbocycles. The van der Waals surface area contributed by atoms with E-state index in [0.29, 0.717) is 43.9 Å². The second kappa shape index (κ2) is 8.48. The first-order valence-electron chi connectivity index (χ1n) is 9.16. The number of benzene rings is 2. The van der Waals surface area contributed by atoms with Crippen LogP contribution in [0.4, 0.5) is 4.39 Å². The van der Waals surface area contributed by atoms with Crippen molar-refractivity contribution < 1.29 is 22.3 Å². The number of ether oxygens (including phenoxy) is 1. The topological polar surface area (TPSA) is 92.9 Å². The number of halogens is 1. The van der Waals surface area contributed by atoms with Gasteiger partial charge < -0.3 is 9.64 Å². The molecule has 1 aliphatic heterocycles. The van der Waals surface area contributed by atoms with Crippen LogP contribution < -0.4 is 9.88 Å². The fraction of sp³-hybridized carbons (Fsp3) is 0.350. The van der Waals surface area contributed by atoms with Crippen LogP contribution in [0.15, 0.2) is 41.3 Å². The Hall–Kier alpha value is -2.49. The molecule has 0 spiro atoms. The molecule has 0 bridgehead atoms. The number of rotatable bonds is 5. The van der Waals surface area contributed by atoms with Gasteiger partial charge in [-0.05, 0) is 42.3 Å². The number of nitrogens with two attached hydrogens (primary N) is 1. The van der Waals surface area contributed by atoms with Gasteiger partial charge in [0.1, 0.15) is 0 Å². The fourth-order valence-electron chi connectivity index (χ4n) is 3.40. The number of sulfonamides is 1. The van der Waals surface area contributed by atoms with Crippen LogP contribution in [-0.4, -0.2) is 57.4 Å². The molecule has 0 aliphatic carbocycles. The first-order valence-corrected chi connectivity index (χ1v) is 10.7. The minimum atomic E-state index is -3.89. The summed E-state index contributed by atoms with van der Waals surface area (Å²) in [5, 5.41) is 5.23. The minimum absolute atomic E-state index is 0.0384. The molecule has 0 radical (unpaired) electrons. The molecule has 0 atom stereocenters. The normalized spacial score (nSPS) is 15.4. The lowest BCUT2D eigenvalue weighted by molar-refractivity contribution is 0.0628. The van der Waals surface area contributed by atoms with E-state index in [1.807, 2.05) is 6.07 Å². The number of amides is 1. The molecule has 1 saturated heterocycles. The maximum atomic E-state index is 13.9. The van der Waals surface area contributed by atoms with Crippen molar-refractivity contribution >= 4 is 15.9 Å². The summed E-state index contributed by atoms with van der Waals surface area (Å²) in [4.78, 5) is 16.6. The van der Waals surface area contributed by atoms with E-state index < -0.39 is 15.8 Å². The molecule has 7 nitrogen and oxygen atoms in total. The van der Waals surface area contributed by atoms with E-state index in [-0.39, 0.29) is 16.6 Å². The van der Waals surface area contributed by atoms with Crippen LogP contribution in [0.2, 0.25) is 0 Å². The van der Waals surface area contributed by atoms with Crippen LogP contribution >= 0.6 is 0 Å². The number of carbonyl (C=O) groups is 1. The minimum Gasteiger partial charge on any atom is -0.494 e. The highest BCUT2D eigenvalue weighted by Gasteiger charge is 2.24. The highest BCUT2D eigenvalue weighted by atomic mass is 32.2. The summed E-state index contributed by atoms with van der Waals surface area (Å²) in [6.45, 7) is 4.46. The van der Waals surface area contributed by atoms with Crippen LogP contribution in [-0.2, 0) is 16.6 Å². The lowest BCUT2D eigenvalue weighted by Crippen LogP contribution is -2.48. The van der Waals surface area contributed by atoms with Gasteiger partial charge in [0, 0.05) is 38.3 Å². The number of methoxy groups -OCH3 is 1. The average Bonchev–Trinajstić information content (AvgIpc) is 2.68. The van der Waals surface area contributed by atoms with Crippen LogP contribution in [0.5, 0.6) is 5.75 Å². The fourth-order valence-corrected chi connectivity index (χ4v) is 4.21. The van der Waals surface area contributed by atoms with Crippen molar-refractivity contribution in [2.45, 2.75) is 18.4 Å². The summed E-state index contributed by atoms with van der Waals surface area (Å²) < 4.78 is 42.2. The van der Waals surface area contributed by atoms with E-state index in [9.17, 15) is 17.6 Å². The summed E-state index contributed by atoms with van der Waals surface area (Å²) in [6.07, 6.45) is 0. The summed E-state index contributed by atoms with van der Waals surface area (Å²) in [7, 11) is -2.47. The zero-order valence-corrected chi connectivity index (χ0v) is 17.2. The van der Waals surface area contributed by atoms with Crippen LogP contribution in [0.3, 0.4) is 0 Å². The third kappa shape index (κ3) is 4.92. The molecule has 156 valence electrons. The number of aryl methyl sites for hydroxylation is 1. The molecule has 2 N–H and O–H groups in total. The number of nitrogens with zero attached hydrogens (tertiary/aromatic N) is 2. The monoisotopic (exact) mass is 421 g/mol. The van der Waals surface area contributed by atoms with Crippen molar-refractivity contribution in [1.82, 2.24) is 9.80 Å². The third-order valence-electron chi connectivity index (χ3n) is 5.02. The summed E-state index contributed by atoms with van der Waals surface area (Å²) in [5.74, 6) is -0.421. The highest BCUT2D eigenvalue weighted by molar-refractivity contribution is 7.89. The smallest absolute Gasteiger partial charge is 0.253 e. The van der Waals surface area contributed by atoms with Gasteiger partial charge in [-0.25, -0.2) is 17.9 Å². The van der Waals surface area contributed by atoms with Gasteiger partial charge in [-0.3, -0.25) is 9.69 Å². The SMILES string of the molecule is COc1ccc(CN2CCN(C(=O)c3ccc(C)c(S(N)(=O)=O)c3)CC2)cc1F. The molecular formula is C20H24FN3O4S. The zero-order chi connectivity index (χ0) is 21.2. The van der Waals surface area contributed by atoms with Crippen LogP contribution in [0.1, 0.15) is 21.5 Å². The molecule has 1 aliphatic rings. The van der Waals surface area contributed by atoms with Crippen LogP contribution in [0.25, 0.3) is 0 Å². The van der Waals surface area contributed by atoms with Gasteiger partial charge in [0.25, 0.3) is 5.91 Å². The molecule has 3 rings (SSSR count). The van der Waals surface area contributed by atoms with Gasteiger partial charge in [0.2, 0.25) is 10.0 Å². The van der Waals surface area contributed by atoms with Crippen molar-refractivity contribution in [2.24, 2.45) is 5.14 Å². The first-order chi connectivity index (χ1) is 13.7. The van der Waals surface area contributed by atoms with Crippen molar-refractivity contribution in [2.75, 3.05) is 33.3 Å². The standard InChI is InChI=1S/C20H24FN3O4S/c1-14-3-5-16(12-19(14)29(22,26)27)20(25)24-9-7-23(8-10-24)13-15-4-6-18(28-2)17(21)11-15/h3-6,11-12H,7-10,13H2,1-2H3,(H2,22,26,27). The maximum Gasteiger partial charge on any atom is 0.253 e. The highest BCUT2D eigenvalue weighted by Crippen LogP contribution is 2.20. The Labute approximate surface area is 169 Å². The van der Waals surface area contributed by atoms with Gasteiger partial charge in [-0.2, -0.15) is 0 Å². The van der Waals surface area contributed by atoms with E-state index >= 15 is 0 Å². The van der Waals surface area contributed by atoms with Gasteiger partial charge in [0.15, 0.2) is 11.6 Å². The average molecular weight is 421 g/mol.